The van der Waals surface area contributed by atoms with E-state index in [9.17, 15) is 39.3 Å². The average Bonchev–Trinajstić information content (AvgIpc) is 2.76. The molecule has 2 atom stereocenters. The standard InChI is InChI=1S/C23H30N4O10S/c1-15(7-25(9-19(28)29)10-20(30)31)27(13-23(36)37)18(8-26(11-21(32)33)12-22(34)35)6-16-2-4-17(5-3-16)24-14-38/h2-5,15,18H,6-13H2,1H3,(H,28,29)(H,30,31)(H,32,33)(H,34,35)(H,36,37)/t15?,18-/m0/s1. The fourth-order valence-electron chi connectivity index (χ4n) is 4.03. The molecule has 1 rings (SSSR count). The van der Waals surface area contributed by atoms with E-state index >= 15 is 0 Å². The van der Waals surface area contributed by atoms with Crippen LogP contribution in [0.3, 0.4) is 0 Å². The quantitative estimate of drug-likeness (QED) is 0.113. The lowest BCUT2D eigenvalue weighted by atomic mass is 10.0. The van der Waals surface area contributed by atoms with Crippen molar-refractivity contribution < 1.29 is 49.5 Å². The van der Waals surface area contributed by atoms with Gasteiger partial charge in [0, 0.05) is 25.2 Å². The molecule has 5 N–H and O–H groups in total. The van der Waals surface area contributed by atoms with Crippen LogP contribution in [0.1, 0.15) is 12.5 Å². The van der Waals surface area contributed by atoms with E-state index < -0.39 is 74.7 Å². The second kappa shape index (κ2) is 16.2. The van der Waals surface area contributed by atoms with Crippen LogP contribution >= 0.6 is 12.2 Å². The molecule has 0 saturated heterocycles. The number of aliphatic imine (C=N–C) groups is 1. The maximum absolute atomic E-state index is 11.8. The minimum absolute atomic E-state index is 0.136. The van der Waals surface area contributed by atoms with Gasteiger partial charge in [0.05, 0.1) is 43.6 Å². The Morgan fingerprint density at radius 1 is 0.763 bits per heavy atom. The summed E-state index contributed by atoms with van der Waals surface area (Å²) in [5, 5.41) is 48.7. The number of hydrogen-bond acceptors (Lipinski definition) is 10. The van der Waals surface area contributed by atoms with Gasteiger partial charge in [0.25, 0.3) is 0 Å². The molecule has 0 radical (unpaired) electrons. The largest absolute Gasteiger partial charge is 0.480 e. The minimum atomic E-state index is -1.28. The number of nitrogens with zero attached hydrogens (tertiary/aromatic N) is 4. The van der Waals surface area contributed by atoms with Crippen LogP contribution in [0, 0.1) is 0 Å². The Balaban J connectivity index is 3.42. The zero-order chi connectivity index (χ0) is 28.8. The van der Waals surface area contributed by atoms with E-state index in [0.29, 0.717) is 11.3 Å². The summed E-state index contributed by atoms with van der Waals surface area (Å²) in [6.07, 6.45) is 0.160. The number of hydrogen-bond donors (Lipinski definition) is 5. The molecule has 0 aliphatic carbocycles. The second-order valence-electron chi connectivity index (χ2n) is 8.56. The molecular formula is C23H30N4O10S. The Morgan fingerprint density at radius 3 is 1.58 bits per heavy atom. The van der Waals surface area contributed by atoms with E-state index in [-0.39, 0.29) is 19.5 Å². The molecule has 0 spiro atoms. The highest BCUT2D eigenvalue weighted by molar-refractivity contribution is 7.78. The van der Waals surface area contributed by atoms with E-state index in [1.54, 1.807) is 31.2 Å². The lowest BCUT2D eigenvalue weighted by molar-refractivity contribution is -0.144. The summed E-state index contributed by atoms with van der Waals surface area (Å²) < 4.78 is 0. The van der Waals surface area contributed by atoms with Crippen molar-refractivity contribution in [2.75, 3.05) is 45.8 Å². The zero-order valence-corrected chi connectivity index (χ0v) is 21.4. The first-order valence-corrected chi connectivity index (χ1v) is 11.7. The van der Waals surface area contributed by atoms with E-state index in [1.165, 1.54) is 4.90 Å². The Kier molecular flexibility index (Phi) is 13.7. The van der Waals surface area contributed by atoms with E-state index in [0.717, 1.165) is 9.80 Å². The smallest absolute Gasteiger partial charge is 0.317 e. The Morgan fingerprint density at radius 2 is 1.18 bits per heavy atom. The van der Waals surface area contributed by atoms with E-state index in [4.69, 9.17) is 10.2 Å². The number of carbonyl (C=O) groups is 5. The van der Waals surface area contributed by atoms with Crippen molar-refractivity contribution in [3.63, 3.8) is 0 Å². The van der Waals surface area contributed by atoms with Gasteiger partial charge in [-0.3, -0.25) is 38.7 Å². The van der Waals surface area contributed by atoms with Gasteiger partial charge in [0.2, 0.25) is 0 Å². The molecule has 1 unspecified atom stereocenters. The molecule has 1 aromatic rings. The van der Waals surface area contributed by atoms with Crippen LogP contribution in [-0.2, 0) is 30.4 Å². The van der Waals surface area contributed by atoms with Crippen molar-refractivity contribution in [3.8, 4) is 0 Å². The van der Waals surface area contributed by atoms with Crippen molar-refractivity contribution >= 4 is 52.9 Å². The fourth-order valence-corrected chi connectivity index (χ4v) is 4.14. The molecular weight excluding hydrogens is 524 g/mol. The van der Waals surface area contributed by atoms with Crippen molar-refractivity contribution in [1.82, 2.24) is 14.7 Å². The fraction of sp³-hybridized carbons (Fsp3) is 0.478. The third-order valence-corrected chi connectivity index (χ3v) is 5.45. The number of benzene rings is 1. The number of thiocarbonyl (C=S) groups is 1. The van der Waals surface area contributed by atoms with Crippen LogP contribution < -0.4 is 0 Å². The van der Waals surface area contributed by atoms with Gasteiger partial charge in [-0.2, -0.15) is 4.99 Å². The molecule has 14 nitrogen and oxygen atoms in total. The van der Waals surface area contributed by atoms with Gasteiger partial charge in [0.1, 0.15) is 0 Å². The first kappa shape index (κ1) is 32.3. The number of isothiocyanates is 1. The first-order chi connectivity index (χ1) is 17.8. The zero-order valence-electron chi connectivity index (χ0n) is 20.6. The van der Waals surface area contributed by atoms with Crippen LogP contribution in [0.4, 0.5) is 5.69 Å². The normalized spacial score (nSPS) is 12.6. The summed E-state index contributed by atoms with van der Waals surface area (Å²) in [5.41, 5.74) is 1.21. The molecule has 38 heavy (non-hydrogen) atoms. The van der Waals surface area contributed by atoms with Crippen molar-refractivity contribution in [2.45, 2.75) is 25.4 Å². The predicted octanol–water partition coefficient (Wildman–Crippen LogP) is 0.0495. The van der Waals surface area contributed by atoms with Gasteiger partial charge in [-0.05, 0) is 43.3 Å². The number of carboxylic acids is 5. The topological polar surface area (TPSA) is 209 Å². The lowest BCUT2D eigenvalue weighted by Crippen LogP contribution is -2.55. The second-order valence-corrected chi connectivity index (χ2v) is 8.74. The van der Waals surface area contributed by atoms with Gasteiger partial charge < -0.3 is 25.5 Å². The maximum Gasteiger partial charge on any atom is 0.317 e. The maximum atomic E-state index is 11.8. The Hall–Kier alpha value is -3.75. The SMILES string of the molecule is CC(CN(CC(=O)O)CC(=O)O)N(CC(=O)O)[C@@H](Cc1ccc(N=C=S)cc1)CN(CC(=O)O)CC(=O)O. The summed E-state index contributed by atoms with van der Waals surface area (Å²) in [4.78, 5) is 64.6. The monoisotopic (exact) mass is 554 g/mol. The summed E-state index contributed by atoms with van der Waals surface area (Å²) >= 11 is 4.58. The molecule has 0 saturated carbocycles. The first-order valence-electron chi connectivity index (χ1n) is 11.3. The van der Waals surface area contributed by atoms with Crippen LogP contribution in [0.25, 0.3) is 0 Å². The van der Waals surface area contributed by atoms with Gasteiger partial charge >= 0.3 is 29.8 Å². The molecule has 0 aromatic heterocycles. The predicted molar refractivity (Wildman–Crippen MR) is 136 cm³/mol. The third-order valence-electron chi connectivity index (χ3n) is 5.36. The molecule has 0 amide bonds. The van der Waals surface area contributed by atoms with Crippen LogP contribution in [0.5, 0.6) is 0 Å². The molecule has 0 heterocycles. The van der Waals surface area contributed by atoms with Gasteiger partial charge in [-0.15, -0.1) is 0 Å². The molecule has 0 bridgehead atoms. The summed E-state index contributed by atoms with van der Waals surface area (Å²) in [6, 6.07) is 5.21. The van der Waals surface area contributed by atoms with Crippen LogP contribution in [0.2, 0.25) is 0 Å². The van der Waals surface area contributed by atoms with Crippen molar-refractivity contribution in [1.29, 1.82) is 0 Å². The number of carboxylic acid groups (broad SMARTS) is 5. The Labute approximate surface area is 223 Å². The van der Waals surface area contributed by atoms with Crippen molar-refractivity contribution in [3.05, 3.63) is 29.8 Å². The van der Waals surface area contributed by atoms with Gasteiger partial charge in [-0.1, -0.05) is 12.1 Å². The van der Waals surface area contributed by atoms with Crippen LogP contribution in [0.15, 0.2) is 29.3 Å². The molecule has 208 valence electrons. The van der Waals surface area contributed by atoms with E-state index in [2.05, 4.69) is 22.4 Å². The average molecular weight is 555 g/mol. The number of aliphatic carboxylic acids is 5. The minimum Gasteiger partial charge on any atom is -0.480 e. The van der Waals surface area contributed by atoms with Gasteiger partial charge in [-0.25, -0.2) is 0 Å². The van der Waals surface area contributed by atoms with Gasteiger partial charge in [0.15, 0.2) is 0 Å². The summed E-state index contributed by atoms with van der Waals surface area (Å²) in [5.74, 6) is -6.34. The number of rotatable bonds is 19. The highest BCUT2D eigenvalue weighted by Crippen LogP contribution is 2.18. The Bertz CT molecular complexity index is 1010. The van der Waals surface area contributed by atoms with Crippen molar-refractivity contribution in [2.24, 2.45) is 4.99 Å². The van der Waals surface area contributed by atoms with E-state index in [1.807, 2.05) is 0 Å². The summed E-state index contributed by atoms with van der Waals surface area (Å²) in [6.45, 7) is -1.71. The molecule has 15 heteroatoms. The summed E-state index contributed by atoms with van der Waals surface area (Å²) in [7, 11) is 0. The molecule has 1 aromatic carbocycles. The lowest BCUT2D eigenvalue weighted by Gasteiger charge is -2.39. The van der Waals surface area contributed by atoms with Crippen LogP contribution in [-0.4, -0.2) is 133 Å². The molecule has 0 aliphatic heterocycles. The highest BCUT2D eigenvalue weighted by Gasteiger charge is 2.31. The molecule has 0 fully saturated rings. The molecule has 0 aliphatic rings. The highest BCUT2D eigenvalue weighted by atomic mass is 32.1. The third kappa shape index (κ3) is 13.0.